The van der Waals surface area contributed by atoms with Gasteiger partial charge in [0.25, 0.3) is 0 Å². The number of aromatic nitrogens is 1. The van der Waals surface area contributed by atoms with Gasteiger partial charge in [-0.1, -0.05) is 20.8 Å². The van der Waals surface area contributed by atoms with Crippen molar-refractivity contribution in [2.24, 2.45) is 0 Å². The SMILES string of the molecule is CC(C)(C)[Si]OC(C)(C)c1cncc(OS(=O)(=O)C(F)(F)F)c1. The quantitative estimate of drug-likeness (QED) is 0.452. The Morgan fingerprint density at radius 3 is 2.13 bits per heavy atom. The second kappa shape index (κ2) is 6.40. The van der Waals surface area contributed by atoms with Crippen LogP contribution in [-0.4, -0.2) is 28.7 Å². The van der Waals surface area contributed by atoms with Gasteiger partial charge in [-0.3, -0.25) is 4.98 Å². The summed E-state index contributed by atoms with van der Waals surface area (Å²) in [6, 6.07) is 1.17. The molecule has 0 saturated heterocycles. The van der Waals surface area contributed by atoms with Crippen molar-refractivity contribution in [1.29, 1.82) is 0 Å². The van der Waals surface area contributed by atoms with Crippen LogP contribution < -0.4 is 4.18 Å². The molecule has 1 heterocycles. The summed E-state index contributed by atoms with van der Waals surface area (Å²) in [7, 11) is -5.60. The third-order valence-corrected chi connectivity index (χ3v) is 4.71. The van der Waals surface area contributed by atoms with E-state index in [1.165, 1.54) is 12.3 Å². The van der Waals surface area contributed by atoms with Crippen LogP contribution in [-0.2, 0) is 20.1 Å². The van der Waals surface area contributed by atoms with Gasteiger partial charge in [0.1, 0.15) is 0 Å². The van der Waals surface area contributed by atoms with E-state index < -0.39 is 27.0 Å². The minimum absolute atomic E-state index is 0.0849. The van der Waals surface area contributed by atoms with Crippen molar-refractivity contribution in [2.75, 3.05) is 0 Å². The van der Waals surface area contributed by atoms with Crippen LogP contribution in [0.3, 0.4) is 0 Å². The highest BCUT2D eigenvalue weighted by Crippen LogP contribution is 2.32. The van der Waals surface area contributed by atoms with Crippen molar-refractivity contribution >= 4 is 19.9 Å². The van der Waals surface area contributed by atoms with E-state index >= 15 is 0 Å². The largest absolute Gasteiger partial charge is 0.534 e. The predicted molar refractivity (Wildman–Crippen MR) is 79.4 cm³/mol. The lowest BCUT2D eigenvalue weighted by atomic mass is 10.0. The van der Waals surface area contributed by atoms with E-state index in [4.69, 9.17) is 4.43 Å². The van der Waals surface area contributed by atoms with Crippen molar-refractivity contribution in [3.63, 3.8) is 0 Å². The molecule has 0 saturated carbocycles. The van der Waals surface area contributed by atoms with Crippen molar-refractivity contribution in [2.45, 2.75) is 50.8 Å². The van der Waals surface area contributed by atoms with Crippen molar-refractivity contribution < 1.29 is 30.2 Å². The van der Waals surface area contributed by atoms with Crippen LogP contribution in [0.2, 0.25) is 5.04 Å². The summed E-state index contributed by atoms with van der Waals surface area (Å²) in [4.78, 5) is 3.73. The molecule has 0 N–H and O–H groups in total. The van der Waals surface area contributed by atoms with E-state index in [9.17, 15) is 21.6 Å². The average Bonchev–Trinajstić information content (AvgIpc) is 2.34. The lowest BCUT2D eigenvalue weighted by Crippen LogP contribution is -2.29. The molecule has 23 heavy (non-hydrogen) atoms. The Labute approximate surface area is 136 Å². The molecule has 10 heteroatoms. The molecule has 130 valence electrons. The summed E-state index contributed by atoms with van der Waals surface area (Å²) in [5, 5.41) is -0.0849. The first-order valence-electron chi connectivity index (χ1n) is 6.55. The van der Waals surface area contributed by atoms with Gasteiger partial charge >= 0.3 is 15.6 Å². The van der Waals surface area contributed by atoms with Crippen LogP contribution in [0.15, 0.2) is 18.5 Å². The number of rotatable bonds is 5. The fourth-order valence-electron chi connectivity index (χ4n) is 1.31. The molecular weight excluding hydrogens is 351 g/mol. The van der Waals surface area contributed by atoms with Crippen LogP contribution in [0.1, 0.15) is 40.2 Å². The Bertz CT molecular complexity index is 654. The van der Waals surface area contributed by atoms with Crippen LogP contribution >= 0.6 is 0 Å². The molecule has 0 amide bonds. The highest BCUT2D eigenvalue weighted by Gasteiger charge is 2.48. The number of halogens is 3. The summed E-state index contributed by atoms with van der Waals surface area (Å²) in [6.45, 7) is 9.37. The third kappa shape index (κ3) is 5.77. The lowest BCUT2D eigenvalue weighted by Gasteiger charge is -2.29. The third-order valence-electron chi connectivity index (χ3n) is 2.51. The maximum absolute atomic E-state index is 12.3. The molecule has 0 spiro atoms. The van der Waals surface area contributed by atoms with E-state index in [1.54, 1.807) is 13.8 Å². The standard InChI is InChI=1S/C13H18F3NO4SSi/c1-11(2,3)23-21-12(4,5)9-6-10(8-17-7-9)20-22(18,19)13(14,15)16/h6-8H,1-5H3. The van der Waals surface area contributed by atoms with Crippen LogP contribution in [0, 0.1) is 0 Å². The van der Waals surface area contributed by atoms with Gasteiger partial charge < -0.3 is 8.61 Å². The molecular formula is C13H18F3NO4SSi. The Kier molecular flexibility index (Phi) is 5.54. The number of alkyl halides is 3. The van der Waals surface area contributed by atoms with E-state index in [-0.39, 0.29) is 14.8 Å². The predicted octanol–water partition coefficient (Wildman–Crippen LogP) is 3.40. The summed E-state index contributed by atoms with van der Waals surface area (Å²) >= 11 is 0. The van der Waals surface area contributed by atoms with E-state index in [0.717, 1.165) is 6.20 Å². The van der Waals surface area contributed by atoms with Gasteiger partial charge in [0.15, 0.2) is 5.75 Å². The van der Waals surface area contributed by atoms with Gasteiger partial charge in [-0.2, -0.15) is 21.6 Å². The summed E-state index contributed by atoms with van der Waals surface area (Å²) in [5.74, 6) is -0.518. The zero-order valence-corrected chi connectivity index (χ0v) is 15.2. The molecule has 1 aromatic rings. The molecule has 1 rings (SSSR count). The minimum Gasteiger partial charge on any atom is -0.408 e. The van der Waals surface area contributed by atoms with E-state index in [1.807, 2.05) is 20.8 Å². The van der Waals surface area contributed by atoms with Gasteiger partial charge in [0, 0.05) is 11.8 Å². The molecule has 0 aliphatic heterocycles. The van der Waals surface area contributed by atoms with Crippen molar-refractivity contribution in [1.82, 2.24) is 4.98 Å². The number of hydrogen-bond acceptors (Lipinski definition) is 5. The molecule has 5 nitrogen and oxygen atoms in total. The first-order chi connectivity index (χ1) is 10.1. The molecule has 0 aliphatic carbocycles. The molecule has 0 aliphatic rings. The van der Waals surface area contributed by atoms with E-state index in [2.05, 4.69) is 9.17 Å². The van der Waals surface area contributed by atoms with Crippen LogP contribution in [0.5, 0.6) is 5.75 Å². The smallest absolute Gasteiger partial charge is 0.408 e. The zero-order valence-electron chi connectivity index (χ0n) is 13.4. The van der Waals surface area contributed by atoms with Gasteiger partial charge in [-0.25, -0.2) is 0 Å². The first kappa shape index (κ1) is 19.9. The van der Waals surface area contributed by atoms with E-state index in [0.29, 0.717) is 5.56 Å². The van der Waals surface area contributed by atoms with Gasteiger partial charge in [-0.05, 0) is 25.0 Å². The maximum atomic E-state index is 12.3. The zero-order chi connectivity index (χ0) is 18.1. The second-order valence-corrected chi connectivity index (χ2v) is 9.80. The molecule has 0 unspecified atom stereocenters. The summed E-state index contributed by atoms with van der Waals surface area (Å²) in [6.07, 6.45) is 2.29. The Morgan fingerprint density at radius 2 is 1.65 bits per heavy atom. The summed E-state index contributed by atoms with van der Waals surface area (Å²) < 4.78 is 69.0. The fraction of sp³-hybridized carbons (Fsp3) is 0.615. The Morgan fingerprint density at radius 1 is 1.09 bits per heavy atom. The normalized spacial score (nSPS) is 13.9. The van der Waals surface area contributed by atoms with Gasteiger partial charge in [-0.15, -0.1) is 0 Å². The van der Waals surface area contributed by atoms with Crippen LogP contribution in [0.25, 0.3) is 0 Å². The molecule has 0 fully saturated rings. The van der Waals surface area contributed by atoms with Gasteiger partial charge in [0.2, 0.25) is 9.76 Å². The summed E-state index contributed by atoms with van der Waals surface area (Å²) in [5.41, 5.74) is -5.95. The van der Waals surface area contributed by atoms with Crippen molar-refractivity contribution in [3.8, 4) is 5.75 Å². The number of pyridine rings is 1. The topological polar surface area (TPSA) is 65.5 Å². The number of hydrogen-bond donors (Lipinski definition) is 0. The first-order valence-corrected chi connectivity index (χ1v) is 8.87. The maximum Gasteiger partial charge on any atom is 0.534 e. The second-order valence-electron chi connectivity index (χ2n) is 6.36. The average molecular weight is 369 g/mol. The molecule has 0 aromatic carbocycles. The van der Waals surface area contributed by atoms with Crippen LogP contribution in [0.4, 0.5) is 13.2 Å². The monoisotopic (exact) mass is 369 g/mol. The molecule has 0 atom stereocenters. The Balaban J connectivity index is 3.01. The fourth-order valence-corrected chi connectivity index (χ4v) is 2.43. The van der Waals surface area contributed by atoms with Gasteiger partial charge in [0.05, 0.1) is 11.8 Å². The molecule has 2 radical (unpaired) electrons. The molecule has 1 aromatic heterocycles. The highest BCUT2D eigenvalue weighted by molar-refractivity contribution is 7.87. The highest BCUT2D eigenvalue weighted by atomic mass is 32.2. The lowest BCUT2D eigenvalue weighted by molar-refractivity contribution is -0.0500. The molecule has 0 bridgehead atoms. The number of nitrogens with zero attached hydrogens (tertiary/aromatic N) is 1. The Hall–Kier alpha value is -1.13. The van der Waals surface area contributed by atoms with Crippen molar-refractivity contribution in [3.05, 3.63) is 24.0 Å². The minimum atomic E-state index is -5.73.